The zero-order chi connectivity index (χ0) is 14.5. The number of nitrogens with zero attached hydrogens (tertiary/aromatic N) is 2. The molecule has 0 aliphatic heterocycles. The van der Waals surface area contributed by atoms with E-state index in [9.17, 15) is 0 Å². The molecular formula is C16H24N2OS. The molecule has 0 fully saturated rings. The van der Waals surface area contributed by atoms with Gasteiger partial charge in [-0.2, -0.15) is 0 Å². The van der Waals surface area contributed by atoms with Crippen LogP contribution < -0.4 is 0 Å². The van der Waals surface area contributed by atoms with Gasteiger partial charge < -0.3 is 9.32 Å². The Labute approximate surface area is 125 Å². The highest BCUT2D eigenvalue weighted by molar-refractivity contribution is 7.11. The molecule has 0 aromatic carbocycles. The van der Waals surface area contributed by atoms with Crippen molar-refractivity contribution in [3.05, 3.63) is 45.5 Å². The van der Waals surface area contributed by atoms with Crippen LogP contribution in [0.5, 0.6) is 0 Å². The standard InChI is InChI=1S/C16H24N2OS/c1-13-5-7-15(19-13)11-18(10-9-17(3)4)12-16-8-6-14(2)20-16/h5-8H,9-12H2,1-4H3. The lowest BCUT2D eigenvalue weighted by atomic mass is 10.3. The second kappa shape index (κ2) is 7.07. The summed E-state index contributed by atoms with van der Waals surface area (Å²) in [7, 11) is 4.23. The van der Waals surface area contributed by atoms with Crippen LogP contribution in [-0.4, -0.2) is 37.0 Å². The van der Waals surface area contributed by atoms with Crippen LogP contribution in [0.15, 0.2) is 28.7 Å². The fourth-order valence-electron chi connectivity index (χ4n) is 2.14. The number of likely N-dealkylation sites (N-methyl/N-ethyl adjacent to an activating group) is 1. The molecule has 0 aliphatic rings. The maximum Gasteiger partial charge on any atom is 0.118 e. The fraction of sp³-hybridized carbons (Fsp3) is 0.500. The van der Waals surface area contributed by atoms with Crippen LogP contribution in [0.25, 0.3) is 0 Å². The van der Waals surface area contributed by atoms with Gasteiger partial charge >= 0.3 is 0 Å². The highest BCUT2D eigenvalue weighted by atomic mass is 32.1. The molecule has 0 aliphatic carbocycles. The van der Waals surface area contributed by atoms with Gasteiger partial charge in [0.2, 0.25) is 0 Å². The zero-order valence-electron chi connectivity index (χ0n) is 12.8. The average Bonchev–Trinajstić information content (AvgIpc) is 2.95. The predicted octanol–water partition coefficient (Wildman–Crippen LogP) is 3.52. The van der Waals surface area contributed by atoms with E-state index in [2.05, 4.69) is 49.0 Å². The predicted molar refractivity (Wildman–Crippen MR) is 85.2 cm³/mol. The van der Waals surface area contributed by atoms with E-state index in [-0.39, 0.29) is 0 Å². The Morgan fingerprint density at radius 2 is 1.80 bits per heavy atom. The molecule has 110 valence electrons. The van der Waals surface area contributed by atoms with Gasteiger partial charge in [-0.05, 0) is 52.2 Å². The molecule has 3 nitrogen and oxygen atoms in total. The lowest BCUT2D eigenvalue weighted by Crippen LogP contribution is -2.30. The molecular weight excluding hydrogens is 268 g/mol. The normalized spacial score (nSPS) is 11.7. The van der Waals surface area contributed by atoms with Crippen LogP contribution >= 0.6 is 11.3 Å². The molecule has 0 saturated carbocycles. The van der Waals surface area contributed by atoms with Crippen molar-refractivity contribution in [3.63, 3.8) is 0 Å². The van der Waals surface area contributed by atoms with E-state index in [0.717, 1.165) is 37.7 Å². The van der Waals surface area contributed by atoms with Crippen LogP contribution in [0.3, 0.4) is 0 Å². The topological polar surface area (TPSA) is 19.6 Å². The summed E-state index contributed by atoms with van der Waals surface area (Å²) in [5, 5.41) is 0. The van der Waals surface area contributed by atoms with Crippen molar-refractivity contribution in [3.8, 4) is 0 Å². The third-order valence-electron chi connectivity index (χ3n) is 3.21. The first kappa shape index (κ1) is 15.3. The van der Waals surface area contributed by atoms with Crippen molar-refractivity contribution < 1.29 is 4.42 Å². The molecule has 2 aromatic rings. The van der Waals surface area contributed by atoms with Crippen molar-refractivity contribution in [2.45, 2.75) is 26.9 Å². The van der Waals surface area contributed by atoms with Gasteiger partial charge in [0.25, 0.3) is 0 Å². The summed E-state index contributed by atoms with van der Waals surface area (Å²) in [6.07, 6.45) is 0. The molecule has 0 radical (unpaired) electrons. The summed E-state index contributed by atoms with van der Waals surface area (Å²) in [5.74, 6) is 2.04. The fourth-order valence-corrected chi connectivity index (χ4v) is 3.07. The maximum absolute atomic E-state index is 5.71. The van der Waals surface area contributed by atoms with Gasteiger partial charge in [-0.15, -0.1) is 11.3 Å². The first-order chi connectivity index (χ1) is 9.52. The van der Waals surface area contributed by atoms with E-state index in [1.165, 1.54) is 9.75 Å². The molecule has 2 heterocycles. The Kier molecular flexibility index (Phi) is 5.40. The summed E-state index contributed by atoms with van der Waals surface area (Å²) in [6.45, 7) is 8.13. The van der Waals surface area contributed by atoms with Crippen molar-refractivity contribution in [2.75, 3.05) is 27.2 Å². The number of hydrogen-bond acceptors (Lipinski definition) is 4. The minimum absolute atomic E-state index is 0.874. The first-order valence-electron chi connectivity index (χ1n) is 7.00. The molecule has 0 spiro atoms. The third kappa shape index (κ3) is 4.78. The molecule has 20 heavy (non-hydrogen) atoms. The van der Waals surface area contributed by atoms with E-state index >= 15 is 0 Å². The van der Waals surface area contributed by atoms with E-state index in [1.807, 2.05) is 24.3 Å². The summed E-state index contributed by atoms with van der Waals surface area (Å²) >= 11 is 1.88. The number of furan rings is 1. The van der Waals surface area contributed by atoms with Crippen LogP contribution in [0.2, 0.25) is 0 Å². The van der Waals surface area contributed by atoms with Gasteiger partial charge in [0, 0.05) is 29.4 Å². The number of rotatable bonds is 7. The lowest BCUT2D eigenvalue weighted by molar-refractivity contribution is 0.211. The summed E-state index contributed by atoms with van der Waals surface area (Å²) in [5.41, 5.74) is 0. The second-order valence-corrected chi connectivity index (χ2v) is 6.91. The van der Waals surface area contributed by atoms with Crippen LogP contribution in [0, 0.1) is 13.8 Å². The maximum atomic E-state index is 5.71. The summed E-state index contributed by atoms with van der Waals surface area (Å²) < 4.78 is 5.71. The third-order valence-corrected chi connectivity index (χ3v) is 4.20. The van der Waals surface area contributed by atoms with Crippen molar-refractivity contribution in [2.24, 2.45) is 0 Å². The smallest absolute Gasteiger partial charge is 0.118 e. The number of hydrogen-bond donors (Lipinski definition) is 0. The zero-order valence-corrected chi connectivity index (χ0v) is 13.7. The minimum atomic E-state index is 0.874. The van der Waals surface area contributed by atoms with E-state index in [1.54, 1.807) is 0 Å². The lowest BCUT2D eigenvalue weighted by Gasteiger charge is -2.22. The molecule has 2 rings (SSSR count). The van der Waals surface area contributed by atoms with Gasteiger partial charge in [0.1, 0.15) is 11.5 Å². The van der Waals surface area contributed by atoms with Crippen molar-refractivity contribution in [1.82, 2.24) is 9.80 Å². The van der Waals surface area contributed by atoms with Crippen LogP contribution in [-0.2, 0) is 13.1 Å². The SMILES string of the molecule is Cc1ccc(CN(CCN(C)C)Cc2ccc(C)s2)o1. The molecule has 0 amide bonds. The summed E-state index contributed by atoms with van der Waals surface area (Å²) in [6, 6.07) is 8.55. The van der Waals surface area contributed by atoms with E-state index in [4.69, 9.17) is 4.42 Å². The largest absolute Gasteiger partial charge is 0.465 e. The van der Waals surface area contributed by atoms with Crippen LogP contribution in [0.4, 0.5) is 0 Å². The Hall–Kier alpha value is -1.10. The Morgan fingerprint density at radius 1 is 1.00 bits per heavy atom. The quantitative estimate of drug-likeness (QED) is 0.778. The van der Waals surface area contributed by atoms with Crippen molar-refractivity contribution in [1.29, 1.82) is 0 Å². The summed E-state index contributed by atoms with van der Waals surface area (Å²) in [4.78, 5) is 7.47. The highest BCUT2D eigenvalue weighted by Crippen LogP contribution is 2.19. The molecule has 0 saturated heterocycles. The number of aryl methyl sites for hydroxylation is 2. The molecule has 2 aromatic heterocycles. The van der Waals surface area contributed by atoms with Gasteiger partial charge in [-0.3, -0.25) is 4.90 Å². The Bertz CT molecular complexity index is 488. The highest BCUT2D eigenvalue weighted by Gasteiger charge is 2.11. The molecule has 4 heteroatoms. The monoisotopic (exact) mass is 292 g/mol. The Morgan fingerprint density at radius 3 is 2.35 bits per heavy atom. The molecule has 0 N–H and O–H groups in total. The van der Waals surface area contributed by atoms with Gasteiger partial charge in [-0.25, -0.2) is 0 Å². The minimum Gasteiger partial charge on any atom is -0.465 e. The second-order valence-electron chi connectivity index (χ2n) is 5.54. The molecule has 0 bridgehead atoms. The van der Waals surface area contributed by atoms with Gasteiger partial charge in [-0.1, -0.05) is 0 Å². The Balaban J connectivity index is 1.99. The van der Waals surface area contributed by atoms with Crippen LogP contribution in [0.1, 0.15) is 21.3 Å². The van der Waals surface area contributed by atoms with Gasteiger partial charge in [0.05, 0.1) is 6.54 Å². The van der Waals surface area contributed by atoms with Crippen molar-refractivity contribution >= 4 is 11.3 Å². The number of thiophene rings is 1. The average molecular weight is 292 g/mol. The first-order valence-corrected chi connectivity index (χ1v) is 7.82. The molecule has 0 atom stereocenters. The molecule has 0 unspecified atom stereocenters. The van der Waals surface area contributed by atoms with E-state index < -0.39 is 0 Å². The van der Waals surface area contributed by atoms with E-state index in [0.29, 0.717) is 0 Å². The van der Waals surface area contributed by atoms with Gasteiger partial charge in [0.15, 0.2) is 0 Å².